The minimum atomic E-state index is -1.17. The molecule has 0 saturated heterocycles. The van der Waals surface area contributed by atoms with E-state index in [4.69, 9.17) is 4.74 Å². The number of aromatic nitrogens is 2. The molecule has 1 N–H and O–H groups in total. The number of hydrogen-bond donors (Lipinski definition) is 1. The fourth-order valence-electron chi connectivity index (χ4n) is 3.17. The molecule has 2 heterocycles. The fraction of sp³-hybridized carbons (Fsp3) is 0.263. The lowest BCUT2D eigenvalue weighted by Gasteiger charge is -2.13. The molecule has 0 spiro atoms. The van der Waals surface area contributed by atoms with Crippen LogP contribution >= 0.6 is 0 Å². The molecule has 136 valence electrons. The van der Waals surface area contributed by atoms with Crippen LogP contribution in [0.4, 0.5) is 4.39 Å². The molecule has 3 rings (SSSR count). The number of carboxylic acids is 1. The second-order valence-corrected chi connectivity index (χ2v) is 5.84. The molecule has 0 unspecified atom stereocenters. The molecule has 0 aliphatic carbocycles. The van der Waals surface area contributed by atoms with Gasteiger partial charge in [0.05, 0.1) is 12.1 Å². The lowest BCUT2D eigenvalue weighted by atomic mass is 10.2. The largest absolute Gasteiger partial charge is 0.490 e. The number of ether oxygens (including phenoxy) is 1. The molecule has 0 aliphatic heterocycles. The van der Waals surface area contributed by atoms with Crippen LogP contribution < -0.4 is 10.3 Å². The summed E-state index contributed by atoms with van der Waals surface area (Å²) in [6.07, 6.45) is 0.542. The van der Waals surface area contributed by atoms with Crippen molar-refractivity contribution < 1.29 is 19.0 Å². The number of nitrogens with zero attached hydrogens (tertiary/aromatic N) is 2. The van der Waals surface area contributed by atoms with Crippen molar-refractivity contribution in [2.24, 2.45) is 7.05 Å². The number of aromatic carboxylic acids is 1. The summed E-state index contributed by atoms with van der Waals surface area (Å²) in [5, 5.41) is 9.76. The third-order valence-corrected chi connectivity index (χ3v) is 4.34. The number of carboxylic acid groups (broad SMARTS) is 1. The zero-order chi connectivity index (χ0) is 19.0. The number of rotatable bonds is 5. The van der Waals surface area contributed by atoms with Crippen molar-refractivity contribution in [3.8, 4) is 11.4 Å². The summed E-state index contributed by atoms with van der Waals surface area (Å²) in [5.74, 6) is -1.51. The fourth-order valence-corrected chi connectivity index (χ4v) is 3.17. The van der Waals surface area contributed by atoms with Crippen LogP contribution in [0.2, 0.25) is 0 Å². The van der Waals surface area contributed by atoms with Crippen molar-refractivity contribution in [2.45, 2.75) is 20.3 Å². The second kappa shape index (κ2) is 6.67. The molecule has 3 aromatic rings. The van der Waals surface area contributed by atoms with E-state index in [1.54, 1.807) is 20.0 Å². The Hall–Kier alpha value is -3.09. The van der Waals surface area contributed by atoms with E-state index < -0.39 is 17.3 Å². The van der Waals surface area contributed by atoms with Gasteiger partial charge in [-0.1, -0.05) is 6.92 Å². The number of benzene rings is 1. The van der Waals surface area contributed by atoms with Crippen molar-refractivity contribution in [3.05, 3.63) is 57.9 Å². The number of aryl methyl sites for hydroxylation is 2. The normalized spacial score (nSPS) is 11.1. The summed E-state index contributed by atoms with van der Waals surface area (Å²) in [6, 6.07) is 7.37. The van der Waals surface area contributed by atoms with Gasteiger partial charge in [0.25, 0.3) is 5.56 Å². The van der Waals surface area contributed by atoms with Crippen molar-refractivity contribution in [1.82, 2.24) is 9.13 Å². The topological polar surface area (TPSA) is 73.5 Å². The third-order valence-electron chi connectivity index (χ3n) is 4.34. The average Bonchev–Trinajstić information content (AvgIpc) is 2.88. The van der Waals surface area contributed by atoms with Crippen molar-refractivity contribution in [2.75, 3.05) is 6.61 Å². The summed E-state index contributed by atoms with van der Waals surface area (Å²) in [5.41, 5.74) is 1.23. The maximum atomic E-state index is 13.3. The van der Waals surface area contributed by atoms with Crippen molar-refractivity contribution in [3.63, 3.8) is 0 Å². The Balaban J connectivity index is 2.46. The van der Waals surface area contributed by atoms with E-state index in [0.29, 0.717) is 23.3 Å². The molecule has 0 saturated carbocycles. The van der Waals surface area contributed by atoms with E-state index in [9.17, 15) is 19.1 Å². The molecule has 7 heteroatoms. The molecule has 0 amide bonds. The van der Waals surface area contributed by atoms with E-state index in [1.807, 2.05) is 6.92 Å². The Morgan fingerprint density at radius 2 is 1.88 bits per heavy atom. The van der Waals surface area contributed by atoms with Crippen molar-refractivity contribution in [1.29, 1.82) is 0 Å². The highest BCUT2D eigenvalue weighted by molar-refractivity contribution is 6.00. The smallest absolute Gasteiger partial charge is 0.356 e. The molecule has 0 aliphatic rings. The lowest BCUT2D eigenvalue weighted by molar-refractivity contribution is 0.0682. The molecular weight excluding hydrogens is 339 g/mol. The number of halogens is 1. The number of pyridine rings is 1. The highest BCUT2D eigenvalue weighted by Crippen LogP contribution is 2.31. The van der Waals surface area contributed by atoms with Crippen LogP contribution in [-0.4, -0.2) is 26.8 Å². The Kier molecular flexibility index (Phi) is 4.54. The van der Waals surface area contributed by atoms with Crippen LogP contribution in [0, 0.1) is 5.82 Å². The third kappa shape index (κ3) is 2.65. The van der Waals surface area contributed by atoms with Crippen LogP contribution in [0.3, 0.4) is 0 Å². The predicted molar refractivity (Wildman–Crippen MR) is 96.0 cm³/mol. The molecule has 0 radical (unpaired) electrons. The van der Waals surface area contributed by atoms with E-state index in [2.05, 4.69) is 0 Å². The summed E-state index contributed by atoms with van der Waals surface area (Å²) >= 11 is 0. The highest BCUT2D eigenvalue weighted by Gasteiger charge is 2.26. The lowest BCUT2D eigenvalue weighted by Crippen LogP contribution is -2.22. The first kappa shape index (κ1) is 17.7. The van der Waals surface area contributed by atoms with Gasteiger partial charge in [-0.25, -0.2) is 9.18 Å². The maximum absolute atomic E-state index is 13.3. The van der Waals surface area contributed by atoms with Gasteiger partial charge in [-0.15, -0.1) is 0 Å². The molecule has 6 nitrogen and oxygen atoms in total. The quantitative estimate of drug-likeness (QED) is 0.760. The number of hydrogen-bond acceptors (Lipinski definition) is 3. The summed E-state index contributed by atoms with van der Waals surface area (Å²) in [7, 11) is 1.59. The van der Waals surface area contributed by atoms with Gasteiger partial charge < -0.3 is 14.4 Å². The van der Waals surface area contributed by atoms with E-state index in [1.165, 1.54) is 33.4 Å². The van der Waals surface area contributed by atoms with Gasteiger partial charge in [0.2, 0.25) is 0 Å². The summed E-state index contributed by atoms with van der Waals surface area (Å²) in [4.78, 5) is 25.0. The van der Waals surface area contributed by atoms with E-state index in [-0.39, 0.29) is 23.4 Å². The average molecular weight is 358 g/mol. The van der Waals surface area contributed by atoms with Gasteiger partial charge in [-0.3, -0.25) is 9.36 Å². The summed E-state index contributed by atoms with van der Waals surface area (Å²) in [6.45, 7) is 3.85. The standard InChI is InChI=1S/C19H19FN2O4/c1-4-12-10-14-15(17(26-5-2)16(19(24)25)21(14)3)18(23)22(12)13-8-6-11(20)7-9-13/h6-10H,4-5H2,1-3H3,(H,24,25). The van der Waals surface area contributed by atoms with Crippen LogP contribution in [0.15, 0.2) is 35.1 Å². The highest BCUT2D eigenvalue weighted by atomic mass is 19.1. The van der Waals surface area contributed by atoms with Gasteiger partial charge in [-0.2, -0.15) is 0 Å². The first-order chi connectivity index (χ1) is 12.4. The van der Waals surface area contributed by atoms with E-state index >= 15 is 0 Å². The van der Waals surface area contributed by atoms with Crippen LogP contribution in [0.5, 0.6) is 5.75 Å². The number of fused-ring (bicyclic) bond motifs is 1. The molecule has 26 heavy (non-hydrogen) atoms. The molecule has 0 fully saturated rings. The van der Waals surface area contributed by atoms with E-state index in [0.717, 1.165) is 0 Å². The predicted octanol–water partition coefficient (Wildman–Crippen LogP) is 3.13. The Labute approximate surface area is 149 Å². The maximum Gasteiger partial charge on any atom is 0.356 e. The van der Waals surface area contributed by atoms with Gasteiger partial charge in [-0.05, 0) is 43.7 Å². The van der Waals surface area contributed by atoms with Crippen molar-refractivity contribution >= 4 is 16.9 Å². The zero-order valence-corrected chi connectivity index (χ0v) is 14.7. The van der Waals surface area contributed by atoms with Crippen LogP contribution in [-0.2, 0) is 13.5 Å². The Morgan fingerprint density at radius 1 is 1.23 bits per heavy atom. The summed E-state index contributed by atoms with van der Waals surface area (Å²) < 4.78 is 21.7. The molecular formula is C19H19FN2O4. The van der Waals surface area contributed by atoms with Gasteiger partial charge in [0.15, 0.2) is 11.4 Å². The first-order valence-corrected chi connectivity index (χ1v) is 8.30. The molecule has 2 aromatic heterocycles. The van der Waals surface area contributed by atoms with Gasteiger partial charge in [0, 0.05) is 18.4 Å². The van der Waals surface area contributed by atoms with Gasteiger partial charge in [0.1, 0.15) is 11.2 Å². The minimum Gasteiger partial charge on any atom is -0.490 e. The monoisotopic (exact) mass is 358 g/mol. The first-order valence-electron chi connectivity index (χ1n) is 8.30. The molecule has 0 atom stereocenters. The Bertz CT molecular complexity index is 1050. The zero-order valence-electron chi connectivity index (χ0n) is 14.7. The van der Waals surface area contributed by atoms with Crippen LogP contribution in [0.1, 0.15) is 30.0 Å². The molecule has 1 aromatic carbocycles. The number of carbonyl (C=O) groups is 1. The minimum absolute atomic E-state index is 0.0565. The molecule has 0 bridgehead atoms. The van der Waals surface area contributed by atoms with Crippen LogP contribution in [0.25, 0.3) is 16.6 Å². The Morgan fingerprint density at radius 3 is 2.42 bits per heavy atom. The second-order valence-electron chi connectivity index (χ2n) is 5.84. The SMILES string of the molecule is CCOc1c(C(=O)O)n(C)c2cc(CC)n(-c3ccc(F)cc3)c(=O)c12. The van der Waals surface area contributed by atoms with Gasteiger partial charge >= 0.3 is 5.97 Å².